The highest BCUT2D eigenvalue weighted by atomic mass is 16.5. The molecule has 0 bridgehead atoms. The summed E-state index contributed by atoms with van der Waals surface area (Å²) >= 11 is 0. The van der Waals surface area contributed by atoms with E-state index in [1.54, 1.807) is 4.68 Å². The van der Waals surface area contributed by atoms with Gasteiger partial charge in [-0.1, -0.05) is 0 Å². The van der Waals surface area contributed by atoms with Gasteiger partial charge in [-0.2, -0.15) is 5.10 Å². The first-order valence-corrected chi connectivity index (χ1v) is 4.63. The maximum atomic E-state index is 5.81. The number of aromatic nitrogens is 2. The summed E-state index contributed by atoms with van der Waals surface area (Å²) in [5.41, 5.74) is 1.11. The highest BCUT2D eigenvalue weighted by Gasteiger charge is 2.18. The molecule has 0 radical (unpaired) electrons. The van der Waals surface area contributed by atoms with Crippen LogP contribution in [0.25, 0.3) is 0 Å². The van der Waals surface area contributed by atoms with Crippen molar-refractivity contribution in [3.8, 4) is 5.88 Å². The number of ether oxygens (including phenoxy) is 1. The highest BCUT2D eigenvalue weighted by molar-refractivity contribution is 5.22. The van der Waals surface area contributed by atoms with Crippen molar-refractivity contribution >= 4 is 0 Å². The van der Waals surface area contributed by atoms with Gasteiger partial charge in [0.2, 0.25) is 5.88 Å². The average Bonchev–Trinajstić information content (AvgIpc) is 2.70. The lowest BCUT2D eigenvalue weighted by Crippen LogP contribution is -2.21. The predicted octanol–water partition coefficient (Wildman–Crippen LogP) is 0.469. The molecule has 1 aromatic heterocycles. The number of nitrogens with one attached hydrogen (secondary N) is 1. The minimum atomic E-state index is 0.314. The molecule has 13 heavy (non-hydrogen) atoms. The Morgan fingerprint density at radius 1 is 1.69 bits per heavy atom. The number of hydrogen-bond acceptors (Lipinski definition) is 3. The van der Waals surface area contributed by atoms with E-state index in [0.717, 1.165) is 31.0 Å². The van der Waals surface area contributed by atoms with Crippen molar-refractivity contribution in [1.29, 1.82) is 0 Å². The maximum Gasteiger partial charge on any atom is 0.214 e. The largest absolute Gasteiger partial charge is 0.473 e. The Labute approximate surface area is 77.9 Å². The molecular formula is C9H15N3O. The fourth-order valence-electron chi connectivity index (χ4n) is 1.59. The average molecular weight is 181 g/mol. The first-order valence-electron chi connectivity index (χ1n) is 4.63. The van der Waals surface area contributed by atoms with Crippen LogP contribution < -0.4 is 10.1 Å². The number of rotatable bonds is 2. The van der Waals surface area contributed by atoms with Gasteiger partial charge in [-0.3, -0.25) is 0 Å². The zero-order valence-corrected chi connectivity index (χ0v) is 8.08. The molecule has 4 nitrogen and oxygen atoms in total. The lowest BCUT2D eigenvalue weighted by Gasteiger charge is -2.12. The van der Waals surface area contributed by atoms with E-state index in [4.69, 9.17) is 4.74 Å². The van der Waals surface area contributed by atoms with Gasteiger partial charge in [-0.25, -0.2) is 4.68 Å². The molecule has 1 aromatic rings. The van der Waals surface area contributed by atoms with E-state index in [2.05, 4.69) is 10.4 Å². The lowest BCUT2D eigenvalue weighted by atomic mass is 10.3. The van der Waals surface area contributed by atoms with Crippen molar-refractivity contribution < 1.29 is 4.74 Å². The first kappa shape index (κ1) is 8.56. The van der Waals surface area contributed by atoms with Crippen LogP contribution >= 0.6 is 0 Å². The van der Waals surface area contributed by atoms with Crippen molar-refractivity contribution in [3.63, 3.8) is 0 Å². The van der Waals surface area contributed by atoms with Crippen molar-refractivity contribution in [3.05, 3.63) is 11.8 Å². The fraction of sp³-hybridized carbons (Fsp3) is 0.667. The van der Waals surface area contributed by atoms with Gasteiger partial charge in [0.05, 0.1) is 6.20 Å². The van der Waals surface area contributed by atoms with Gasteiger partial charge < -0.3 is 10.1 Å². The summed E-state index contributed by atoms with van der Waals surface area (Å²) in [5.74, 6) is 0.897. The first-order chi connectivity index (χ1) is 6.27. The van der Waals surface area contributed by atoms with Gasteiger partial charge in [-0.05, 0) is 19.9 Å². The molecular weight excluding hydrogens is 166 g/mol. The summed E-state index contributed by atoms with van der Waals surface area (Å²) in [6, 6.07) is 0. The van der Waals surface area contributed by atoms with Gasteiger partial charge >= 0.3 is 0 Å². The minimum Gasteiger partial charge on any atom is -0.473 e. The number of nitrogens with zero attached hydrogens (tertiary/aromatic N) is 2. The molecule has 1 atom stereocenters. The van der Waals surface area contributed by atoms with Crippen LogP contribution in [0.1, 0.15) is 12.0 Å². The van der Waals surface area contributed by atoms with E-state index in [1.807, 2.05) is 20.2 Å². The second kappa shape index (κ2) is 3.38. The SMILES string of the molecule is Cc1cnn(C)c1OC1CCNC1. The second-order valence-electron chi connectivity index (χ2n) is 3.49. The maximum absolute atomic E-state index is 5.81. The van der Waals surface area contributed by atoms with Gasteiger partial charge in [0, 0.05) is 19.2 Å². The van der Waals surface area contributed by atoms with Crippen LogP contribution in [-0.4, -0.2) is 29.0 Å². The van der Waals surface area contributed by atoms with Gasteiger partial charge in [-0.15, -0.1) is 0 Å². The summed E-state index contributed by atoms with van der Waals surface area (Å²) in [6.07, 6.45) is 3.23. The van der Waals surface area contributed by atoms with Crippen LogP contribution in [0.15, 0.2) is 6.20 Å². The molecule has 4 heteroatoms. The molecule has 1 N–H and O–H groups in total. The van der Waals surface area contributed by atoms with Crippen LogP contribution in [0.2, 0.25) is 0 Å². The molecule has 0 aromatic carbocycles. The van der Waals surface area contributed by atoms with Gasteiger partial charge in [0.15, 0.2) is 0 Å². The molecule has 0 amide bonds. The Morgan fingerprint density at radius 2 is 2.54 bits per heavy atom. The molecule has 2 heterocycles. The minimum absolute atomic E-state index is 0.314. The van der Waals surface area contributed by atoms with E-state index in [0.29, 0.717) is 6.10 Å². The molecule has 1 fully saturated rings. The lowest BCUT2D eigenvalue weighted by molar-refractivity contribution is 0.202. The summed E-state index contributed by atoms with van der Waals surface area (Å²) in [7, 11) is 1.91. The van der Waals surface area contributed by atoms with Crippen LogP contribution in [0.5, 0.6) is 5.88 Å². The van der Waals surface area contributed by atoms with Crippen molar-refractivity contribution in [2.45, 2.75) is 19.4 Å². The molecule has 0 aliphatic carbocycles. The van der Waals surface area contributed by atoms with E-state index < -0.39 is 0 Å². The second-order valence-corrected chi connectivity index (χ2v) is 3.49. The van der Waals surface area contributed by atoms with Crippen molar-refractivity contribution in [2.75, 3.05) is 13.1 Å². The fourth-order valence-corrected chi connectivity index (χ4v) is 1.59. The van der Waals surface area contributed by atoms with E-state index in [9.17, 15) is 0 Å². The zero-order chi connectivity index (χ0) is 9.26. The smallest absolute Gasteiger partial charge is 0.214 e. The molecule has 2 rings (SSSR count). The topological polar surface area (TPSA) is 39.1 Å². The standard InChI is InChI=1S/C9H15N3O/c1-7-5-11-12(2)9(7)13-8-3-4-10-6-8/h5,8,10H,3-4,6H2,1-2H3. The predicted molar refractivity (Wildman–Crippen MR) is 49.8 cm³/mol. The Morgan fingerprint density at radius 3 is 3.08 bits per heavy atom. The monoisotopic (exact) mass is 181 g/mol. The normalized spacial score (nSPS) is 22.2. The summed E-state index contributed by atoms with van der Waals surface area (Å²) in [4.78, 5) is 0. The number of hydrogen-bond donors (Lipinski definition) is 1. The third-order valence-electron chi connectivity index (χ3n) is 2.35. The molecule has 1 saturated heterocycles. The van der Waals surface area contributed by atoms with Crippen LogP contribution in [0.3, 0.4) is 0 Å². The molecule has 0 saturated carbocycles. The Hall–Kier alpha value is -1.03. The third kappa shape index (κ3) is 1.67. The quantitative estimate of drug-likeness (QED) is 0.721. The molecule has 0 spiro atoms. The van der Waals surface area contributed by atoms with E-state index in [-0.39, 0.29) is 0 Å². The van der Waals surface area contributed by atoms with Crippen molar-refractivity contribution in [1.82, 2.24) is 15.1 Å². The highest BCUT2D eigenvalue weighted by Crippen LogP contribution is 2.18. The molecule has 1 unspecified atom stereocenters. The summed E-state index contributed by atoms with van der Waals surface area (Å²) < 4.78 is 7.60. The van der Waals surface area contributed by atoms with Crippen LogP contribution in [-0.2, 0) is 7.05 Å². The zero-order valence-electron chi connectivity index (χ0n) is 8.08. The van der Waals surface area contributed by atoms with Crippen LogP contribution in [0.4, 0.5) is 0 Å². The Bertz CT molecular complexity index is 270. The van der Waals surface area contributed by atoms with E-state index in [1.165, 1.54) is 0 Å². The number of aryl methyl sites for hydroxylation is 2. The summed E-state index contributed by atoms with van der Waals surface area (Å²) in [6.45, 7) is 4.02. The summed E-state index contributed by atoms with van der Waals surface area (Å²) in [5, 5.41) is 7.40. The molecule has 1 aliphatic rings. The van der Waals surface area contributed by atoms with Crippen LogP contribution in [0, 0.1) is 6.92 Å². The Balaban J connectivity index is 2.07. The molecule has 72 valence electrons. The van der Waals surface area contributed by atoms with E-state index >= 15 is 0 Å². The van der Waals surface area contributed by atoms with Gasteiger partial charge in [0.1, 0.15) is 6.10 Å². The van der Waals surface area contributed by atoms with Gasteiger partial charge in [0.25, 0.3) is 0 Å². The Kier molecular flexibility index (Phi) is 2.22. The molecule has 1 aliphatic heterocycles. The third-order valence-corrected chi connectivity index (χ3v) is 2.35. The van der Waals surface area contributed by atoms with Crippen molar-refractivity contribution in [2.24, 2.45) is 7.05 Å².